The summed E-state index contributed by atoms with van der Waals surface area (Å²) in [5.41, 5.74) is 1.26. The zero-order valence-corrected chi connectivity index (χ0v) is 18.4. The van der Waals surface area contributed by atoms with Crippen LogP contribution >= 0.6 is 15.9 Å². The fraction of sp³-hybridized carbons (Fsp3) is 0.364. The van der Waals surface area contributed by atoms with E-state index < -0.39 is 0 Å². The predicted octanol–water partition coefficient (Wildman–Crippen LogP) is 3.26. The van der Waals surface area contributed by atoms with E-state index in [9.17, 15) is 14.4 Å². The van der Waals surface area contributed by atoms with Crippen LogP contribution in [0.2, 0.25) is 0 Å². The average Bonchev–Trinajstić information content (AvgIpc) is 2.70. The summed E-state index contributed by atoms with van der Waals surface area (Å²) in [5, 5.41) is 17.5. The molecule has 1 aliphatic rings. The lowest BCUT2D eigenvalue weighted by atomic mass is 10.0. The number of hydrogen-bond donors (Lipinski definition) is 2. The molecule has 1 aromatic carbocycles. The van der Waals surface area contributed by atoms with E-state index >= 15 is 0 Å². The third-order valence-electron chi connectivity index (χ3n) is 3.38. The summed E-state index contributed by atoms with van der Waals surface area (Å²) in [5.74, 6) is 0.695. The molecule has 2 rings (SSSR count). The highest BCUT2D eigenvalue weighted by Crippen LogP contribution is 2.12. The van der Waals surface area contributed by atoms with Gasteiger partial charge >= 0.3 is 0 Å². The van der Waals surface area contributed by atoms with Crippen LogP contribution in [0.1, 0.15) is 37.0 Å². The van der Waals surface area contributed by atoms with Gasteiger partial charge in [-0.25, -0.2) is 0 Å². The minimum atomic E-state index is -0.0648. The molecule has 0 aliphatic heterocycles. The fourth-order valence-electron chi connectivity index (χ4n) is 1.79. The Hall–Kier alpha value is -2.22. The van der Waals surface area contributed by atoms with E-state index in [4.69, 9.17) is 14.9 Å². The zero-order chi connectivity index (χ0) is 22.1. The van der Waals surface area contributed by atoms with E-state index in [0.29, 0.717) is 30.8 Å². The number of ether oxygens (including phenoxy) is 1. The van der Waals surface area contributed by atoms with Gasteiger partial charge in [-0.15, -0.1) is 0 Å². The van der Waals surface area contributed by atoms with Crippen molar-refractivity contribution in [2.75, 3.05) is 25.2 Å². The number of carbonyl (C=O) groups excluding carboxylic acids is 3. The molecule has 0 heterocycles. The monoisotopic (exact) mass is 467 g/mol. The Bertz CT molecular complexity index is 690. The number of halogens is 1. The van der Waals surface area contributed by atoms with Crippen molar-refractivity contribution in [3.05, 3.63) is 60.1 Å². The topological polar surface area (TPSA) is 101 Å². The summed E-state index contributed by atoms with van der Waals surface area (Å²) < 4.78 is 5.31. The summed E-state index contributed by atoms with van der Waals surface area (Å²) >= 11 is 3.15. The van der Waals surface area contributed by atoms with Crippen molar-refractivity contribution >= 4 is 33.3 Å². The van der Waals surface area contributed by atoms with Gasteiger partial charge in [-0.05, 0) is 37.6 Å². The van der Waals surface area contributed by atoms with Gasteiger partial charge in [0, 0.05) is 37.5 Å². The molecule has 0 fully saturated rings. The zero-order valence-electron chi connectivity index (χ0n) is 16.8. The van der Waals surface area contributed by atoms with Crippen LogP contribution < -0.4 is 4.74 Å². The molecule has 7 heteroatoms. The molecule has 0 saturated heterocycles. The quantitative estimate of drug-likeness (QED) is 0.263. The molecule has 0 amide bonds. The summed E-state index contributed by atoms with van der Waals surface area (Å²) in [6, 6.07) is 6.98. The van der Waals surface area contributed by atoms with Crippen molar-refractivity contribution in [2.45, 2.75) is 26.7 Å². The number of hydrogen-bond acceptors (Lipinski definition) is 6. The van der Waals surface area contributed by atoms with Crippen LogP contribution in [0.5, 0.6) is 5.75 Å². The maximum absolute atomic E-state index is 10.9. The highest BCUT2D eigenvalue weighted by molar-refractivity contribution is 9.09. The van der Waals surface area contributed by atoms with Gasteiger partial charge in [0.15, 0.2) is 5.78 Å². The molecule has 0 aromatic heterocycles. The van der Waals surface area contributed by atoms with E-state index in [2.05, 4.69) is 15.9 Å². The number of rotatable bonds is 8. The molecule has 2 N–H and O–H groups in total. The highest BCUT2D eigenvalue weighted by atomic mass is 79.9. The second-order valence-corrected chi connectivity index (χ2v) is 6.65. The van der Waals surface area contributed by atoms with E-state index in [1.165, 1.54) is 38.5 Å². The number of ketones is 3. The van der Waals surface area contributed by atoms with Crippen molar-refractivity contribution in [3.8, 4) is 5.75 Å². The molecular weight excluding hydrogens is 440 g/mol. The SMILES string of the molecule is CC(=O)C1=C[CH+]C(=O)C=C1.CC(=O)c1ccc(OCCCO)cc1.OCCCBr. The Kier molecular flexibility index (Phi) is 15.4. The minimum Gasteiger partial charge on any atom is -0.494 e. The maximum Gasteiger partial charge on any atom is 0.284 e. The first kappa shape index (κ1) is 26.8. The third-order valence-corrected chi connectivity index (χ3v) is 3.95. The lowest BCUT2D eigenvalue weighted by molar-refractivity contribution is -0.113. The number of benzene rings is 1. The Morgan fingerprint density at radius 3 is 2.00 bits per heavy atom. The summed E-state index contributed by atoms with van der Waals surface area (Å²) in [7, 11) is 0. The largest absolute Gasteiger partial charge is 0.494 e. The van der Waals surface area contributed by atoms with Crippen LogP contribution in [0.4, 0.5) is 0 Å². The van der Waals surface area contributed by atoms with E-state index in [-0.39, 0.29) is 24.0 Å². The van der Waals surface area contributed by atoms with Gasteiger partial charge in [0.2, 0.25) is 5.78 Å². The molecule has 0 saturated carbocycles. The van der Waals surface area contributed by atoms with Crippen LogP contribution in [0.3, 0.4) is 0 Å². The first-order chi connectivity index (χ1) is 13.8. The number of alkyl halides is 1. The number of aliphatic hydroxyl groups excluding tert-OH is 2. The predicted molar refractivity (Wildman–Crippen MR) is 116 cm³/mol. The highest BCUT2D eigenvalue weighted by Gasteiger charge is 2.15. The second-order valence-electron chi connectivity index (χ2n) is 5.85. The van der Waals surface area contributed by atoms with Crippen molar-refractivity contribution in [1.82, 2.24) is 0 Å². The van der Waals surface area contributed by atoms with Crippen LogP contribution in [-0.4, -0.2) is 52.7 Å². The summed E-state index contributed by atoms with van der Waals surface area (Å²) in [4.78, 5) is 32.1. The summed E-state index contributed by atoms with van der Waals surface area (Å²) in [6.45, 7) is 3.92. The van der Waals surface area contributed by atoms with Crippen molar-refractivity contribution < 1.29 is 29.3 Å². The summed E-state index contributed by atoms with van der Waals surface area (Å²) in [6.07, 6.45) is 7.32. The Balaban J connectivity index is 0.000000455. The van der Waals surface area contributed by atoms with Gasteiger partial charge in [-0.3, -0.25) is 14.4 Å². The molecule has 0 radical (unpaired) electrons. The number of carbonyl (C=O) groups is 3. The minimum absolute atomic E-state index is 0.0139. The van der Waals surface area contributed by atoms with E-state index in [0.717, 1.165) is 17.5 Å². The molecule has 29 heavy (non-hydrogen) atoms. The fourth-order valence-corrected chi connectivity index (χ4v) is 2.04. The molecule has 6 nitrogen and oxygen atoms in total. The Labute approximate surface area is 180 Å². The van der Waals surface area contributed by atoms with Gasteiger partial charge in [0.1, 0.15) is 11.3 Å². The number of allylic oxidation sites excluding steroid dienone is 4. The molecule has 0 bridgehead atoms. The van der Waals surface area contributed by atoms with Gasteiger partial charge in [0.25, 0.3) is 5.78 Å². The maximum atomic E-state index is 10.9. The smallest absolute Gasteiger partial charge is 0.284 e. The average molecular weight is 468 g/mol. The second kappa shape index (κ2) is 16.7. The van der Waals surface area contributed by atoms with Crippen LogP contribution in [0.25, 0.3) is 0 Å². The normalized spacial score (nSPS) is 11.8. The molecule has 0 atom stereocenters. The van der Waals surface area contributed by atoms with E-state index in [1.807, 2.05) is 0 Å². The van der Waals surface area contributed by atoms with Crippen LogP contribution in [0, 0.1) is 6.42 Å². The van der Waals surface area contributed by atoms with Gasteiger partial charge in [-0.2, -0.15) is 0 Å². The Morgan fingerprint density at radius 1 is 1.00 bits per heavy atom. The van der Waals surface area contributed by atoms with E-state index in [1.54, 1.807) is 24.3 Å². The molecule has 1 aliphatic carbocycles. The number of aliphatic hydroxyl groups is 2. The molecule has 158 valence electrons. The molecule has 1 aromatic rings. The van der Waals surface area contributed by atoms with Crippen molar-refractivity contribution in [2.24, 2.45) is 0 Å². The lowest BCUT2D eigenvalue weighted by Crippen LogP contribution is -2.02. The standard InChI is InChI=1S/C11H14O3.C8H7O2.C3H7BrO/c1-9(13)10-3-5-11(6-4-10)14-8-2-7-12;1-6(9)7-2-4-8(10)5-3-7;4-2-1-3-5/h3-6,12H,2,7-8H2,1H3;2-5H,1H3;5H,1-3H2/q;+1;. The van der Waals surface area contributed by atoms with Crippen LogP contribution in [0.15, 0.2) is 48.1 Å². The third kappa shape index (κ3) is 13.6. The first-order valence-corrected chi connectivity index (χ1v) is 10.3. The van der Waals surface area contributed by atoms with Crippen molar-refractivity contribution in [1.29, 1.82) is 0 Å². The molecule has 0 unspecified atom stereocenters. The first-order valence-electron chi connectivity index (χ1n) is 9.15. The number of Topliss-reactive ketones (excluding diaryl/α,β-unsaturated/α-hetero) is 2. The van der Waals surface area contributed by atoms with Gasteiger partial charge in [-0.1, -0.05) is 15.9 Å². The van der Waals surface area contributed by atoms with Crippen LogP contribution in [-0.2, 0) is 9.59 Å². The molecular formula is C22H28BrO6+. The Morgan fingerprint density at radius 2 is 1.62 bits per heavy atom. The van der Waals surface area contributed by atoms with Gasteiger partial charge < -0.3 is 14.9 Å². The lowest BCUT2D eigenvalue weighted by Gasteiger charge is -2.04. The van der Waals surface area contributed by atoms with Crippen molar-refractivity contribution in [3.63, 3.8) is 0 Å². The van der Waals surface area contributed by atoms with Gasteiger partial charge in [0.05, 0.1) is 31.3 Å². The molecule has 0 spiro atoms.